The molecule has 0 radical (unpaired) electrons. The van der Waals surface area contributed by atoms with Gasteiger partial charge in [0.2, 0.25) is 0 Å². The van der Waals surface area contributed by atoms with Crippen molar-refractivity contribution in [2.45, 2.75) is 0 Å². The summed E-state index contributed by atoms with van der Waals surface area (Å²) in [5.74, 6) is 0. The molecule has 0 spiro atoms. The number of benzene rings is 2. The van der Waals surface area contributed by atoms with Crippen LogP contribution in [0.15, 0.2) is 42.5 Å². The summed E-state index contributed by atoms with van der Waals surface area (Å²) in [5.41, 5.74) is 2.27. The van der Waals surface area contributed by atoms with Crippen molar-refractivity contribution in [3.8, 4) is 0 Å². The maximum atomic E-state index is 3.32. The van der Waals surface area contributed by atoms with Gasteiger partial charge >= 0.3 is 0 Å². The zero-order valence-corrected chi connectivity index (χ0v) is 10.00. The predicted octanol–water partition coefficient (Wildman–Crippen LogP) is 3.12. The van der Waals surface area contributed by atoms with Crippen molar-refractivity contribution in [1.82, 2.24) is 4.98 Å². The fourth-order valence-electron chi connectivity index (χ4n) is 1.73. The van der Waals surface area contributed by atoms with E-state index in [1.165, 1.54) is 16.3 Å². The maximum absolute atomic E-state index is 3.32. The smallest absolute Gasteiger partial charge is 0.0322 e. The summed E-state index contributed by atoms with van der Waals surface area (Å²) in [5, 5.41) is 2.52. The predicted molar refractivity (Wildman–Crippen MR) is 54.6 cm³/mol. The summed E-state index contributed by atoms with van der Waals surface area (Å²) in [6, 6.07) is 17.6. The van der Waals surface area contributed by atoms with Crippen molar-refractivity contribution < 1.29 is 26.2 Å². The molecule has 0 atom stereocenters. The van der Waals surface area contributed by atoms with Crippen LogP contribution in [-0.4, -0.2) is 4.98 Å². The molecule has 0 unspecified atom stereocenters. The molecule has 3 aromatic rings. The molecule has 3 rings (SSSR count). The third-order valence-electron chi connectivity index (χ3n) is 2.33. The zero-order chi connectivity index (χ0) is 8.67. The van der Waals surface area contributed by atoms with Gasteiger partial charge in [-0.2, -0.15) is 24.3 Å². The number of hydrogen-bond acceptors (Lipinski definition) is 0. The number of fused-ring (bicyclic) bond motifs is 3. The minimum absolute atomic E-state index is 0. The van der Waals surface area contributed by atoms with E-state index in [2.05, 4.69) is 35.3 Å². The third kappa shape index (κ3) is 1.34. The van der Waals surface area contributed by atoms with E-state index < -0.39 is 0 Å². The Bertz CT molecular complexity index is 518. The molecule has 14 heavy (non-hydrogen) atoms. The number of para-hydroxylation sites is 2. The molecule has 0 aliphatic heterocycles. The van der Waals surface area contributed by atoms with Crippen molar-refractivity contribution in [2.24, 2.45) is 0 Å². The monoisotopic (exact) mass is 256 g/mol. The first-order valence-corrected chi connectivity index (χ1v) is 4.32. The van der Waals surface area contributed by atoms with Crippen LogP contribution in [0.4, 0.5) is 0 Å². The van der Waals surface area contributed by atoms with Crippen molar-refractivity contribution in [3.63, 3.8) is 0 Å². The van der Waals surface area contributed by atoms with Gasteiger partial charge in [0.15, 0.2) is 0 Å². The minimum Gasteiger partial charge on any atom is -0.378 e. The molecule has 0 saturated carbocycles. The van der Waals surface area contributed by atoms with Gasteiger partial charge in [-0.1, -0.05) is 23.7 Å². The molecule has 1 N–H and O–H groups in total. The quantitative estimate of drug-likeness (QED) is 0.596. The average Bonchev–Trinajstić information content (AvgIpc) is 2.56. The summed E-state index contributed by atoms with van der Waals surface area (Å²) >= 11 is 0. The van der Waals surface area contributed by atoms with E-state index >= 15 is 0 Å². The minimum atomic E-state index is 0. The molecule has 1 nitrogen and oxygen atoms in total. The molecule has 66 valence electrons. The van der Waals surface area contributed by atoms with E-state index in [1.807, 2.05) is 18.2 Å². The first kappa shape index (κ1) is 9.67. The number of aromatic amines is 1. The normalized spacial score (nSPS) is 10.3. The van der Waals surface area contributed by atoms with Gasteiger partial charge in [-0.05, 0) is 11.5 Å². The second-order valence-electron chi connectivity index (χ2n) is 3.13. The Balaban J connectivity index is 0.000000750. The Morgan fingerprint density at radius 2 is 1.71 bits per heavy atom. The van der Waals surface area contributed by atoms with Crippen molar-refractivity contribution in [2.75, 3.05) is 0 Å². The Labute approximate surface area is 101 Å². The second kappa shape index (κ2) is 3.70. The average molecular weight is 257 g/mol. The van der Waals surface area contributed by atoms with Gasteiger partial charge < -0.3 is 4.98 Å². The van der Waals surface area contributed by atoms with Crippen LogP contribution >= 0.6 is 0 Å². The van der Waals surface area contributed by atoms with E-state index in [9.17, 15) is 0 Å². The molecule has 0 amide bonds. The van der Waals surface area contributed by atoms with Crippen LogP contribution in [0.5, 0.6) is 0 Å². The topological polar surface area (TPSA) is 15.8 Å². The summed E-state index contributed by atoms with van der Waals surface area (Å²) in [6.45, 7) is 0. The SMILES string of the molecule is [Zr].[c-]1cccc2c1[nH]c1ccccc12. The van der Waals surface area contributed by atoms with Gasteiger partial charge in [0.1, 0.15) is 0 Å². The van der Waals surface area contributed by atoms with E-state index in [-0.39, 0.29) is 26.2 Å². The molecular formula is C12H8NZr-. The zero-order valence-electron chi connectivity index (χ0n) is 7.54. The maximum Gasteiger partial charge on any atom is 0.0322 e. The van der Waals surface area contributed by atoms with Crippen molar-refractivity contribution in [3.05, 3.63) is 48.5 Å². The van der Waals surface area contributed by atoms with Crippen LogP contribution in [0.25, 0.3) is 21.8 Å². The van der Waals surface area contributed by atoms with E-state index in [4.69, 9.17) is 0 Å². The molecule has 0 aliphatic carbocycles. The number of H-pyrrole nitrogens is 1. The van der Waals surface area contributed by atoms with E-state index in [1.54, 1.807) is 0 Å². The summed E-state index contributed by atoms with van der Waals surface area (Å²) in [6.07, 6.45) is 0. The second-order valence-corrected chi connectivity index (χ2v) is 3.13. The Hall–Kier alpha value is -0.877. The van der Waals surface area contributed by atoms with Crippen molar-refractivity contribution >= 4 is 21.8 Å². The van der Waals surface area contributed by atoms with Gasteiger partial charge in [-0.25, -0.2) is 0 Å². The fraction of sp³-hybridized carbons (Fsp3) is 0. The molecule has 0 aliphatic rings. The molecular weight excluding hydrogens is 249 g/mol. The Kier molecular flexibility index (Phi) is 2.56. The molecule has 2 heteroatoms. The van der Waals surface area contributed by atoms with Gasteiger partial charge in [0, 0.05) is 31.7 Å². The largest absolute Gasteiger partial charge is 0.378 e. The molecule has 0 bridgehead atoms. The van der Waals surface area contributed by atoms with Crippen LogP contribution in [0, 0.1) is 6.07 Å². The molecule has 0 saturated heterocycles. The number of hydrogen-bond donors (Lipinski definition) is 1. The molecule has 0 fully saturated rings. The number of aromatic nitrogens is 1. The molecule has 1 heterocycles. The molecule has 2 aromatic carbocycles. The van der Waals surface area contributed by atoms with Crippen LogP contribution < -0.4 is 0 Å². The Morgan fingerprint density at radius 1 is 0.929 bits per heavy atom. The third-order valence-corrected chi connectivity index (χ3v) is 2.33. The van der Waals surface area contributed by atoms with Crippen molar-refractivity contribution in [1.29, 1.82) is 0 Å². The molecule has 1 aromatic heterocycles. The fourth-order valence-corrected chi connectivity index (χ4v) is 1.73. The van der Waals surface area contributed by atoms with Crippen LogP contribution in [0.1, 0.15) is 0 Å². The number of nitrogens with one attached hydrogen (secondary N) is 1. The standard InChI is InChI=1S/C12H8N.Zr/c1-3-7-11-9(5-1)10-6-2-4-8-12(10)13-11;/h1-7,13H;/q-1;. The van der Waals surface area contributed by atoms with E-state index in [0.717, 1.165) is 5.52 Å². The van der Waals surface area contributed by atoms with Gasteiger partial charge in [0.25, 0.3) is 0 Å². The summed E-state index contributed by atoms with van der Waals surface area (Å²) in [4.78, 5) is 3.32. The number of rotatable bonds is 0. The van der Waals surface area contributed by atoms with Gasteiger partial charge in [0.05, 0.1) is 0 Å². The Morgan fingerprint density at radius 3 is 2.64 bits per heavy atom. The summed E-state index contributed by atoms with van der Waals surface area (Å²) in [7, 11) is 0. The van der Waals surface area contributed by atoms with Crippen LogP contribution in [0.3, 0.4) is 0 Å². The van der Waals surface area contributed by atoms with E-state index in [0.29, 0.717) is 0 Å². The summed E-state index contributed by atoms with van der Waals surface area (Å²) < 4.78 is 0. The van der Waals surface area contributed by atoms with Gasteiger partial charge in [-0.15, -0.1) is 5.39 Å². The van der Waals surface area contributed by atoms with Crippen LogP contribution in [-0.2, 0) is 26.2 Å². The first-order valence-electron chi connectivity index (χ1n) is 4.32. The van der Waals surface area contributed by atoms with Crippen LogP contribution in [0.2, 0.25) is 0 Å². The first-order chi connectivity index (χ1) is 6.45. The van der Waals surface area contributed by atoms with Gasteiger partial charge in [-0.3, -0.25) is 0 Å².